The maximum atomic E-state index is 3.15. The summed E-state index contributed by atoms with van der Waals surface area (Å²) in [4.78, 5) is 0. The quantitative estimate of drug-likeness (QED) is 0.703. The highest BCUT2D eigenvalue weighted by Crippen LogP contribution is 2.46. The Labute approximate surface area is 122 Å². The van der Waals surface area contributed by atoms with Crippen LogP contribution in [0.4, 0.5) is 0 Å². The van der Waals surface area contributed by atoms with Gasteiger partial charge in [-0.2, -0.15) is 0 Å². The van der Waals surface area contributed by atoms with Gasteiger partial charge in [-0.05, 0) is 53.9 Å². The second-order valence-electron chi connectivity index (χ2n) is 6.12. The minimum absolute atomic E-state index is 0.388. The molecule has 0 spiro atoms. The minimum atomic E-state index is 0.388. The lowest BCUT2D eigenvalue weighted by Crippen LogP contribution is -2.36. The highest BCUT2D eigenvalue weighted by Gasteiger charge is 2.38. The van der Waals surface area contributed by atoms with Crippen LogP contribution in [0.15, 0.2) is 48.5 Å². The summed E-state index contributed by atoms with van der Waals surface area (Å²) in [5.41, 5.74) is 5.00. The molecule has 2 aromatic rings. The topological polar surface area (TPSA) is 0 Å². The standard InChI is InChI=1S/C20H23/c1-2-9-17-10-6-7-11-18(17)16-20(14-8-15-20)19-12-4-3-5-13-19/h4-7,10-13H,2,8-9,14-16H2,1H3. The summed E-state index contributed by atoms with van der Waals surface area (Å²) in [5.74, 6) is 0. The van der Waals surface area contributed by atoms with Gasteiger partial charge in [0, 0.05) is 0 Å². The Bertz CT molecular complexity index is 549. The molecule has 1 radical (unpaired) electrons. The van der Waals surface area contributed by atoms with Crippen molar-refractivity contribution in [2.45, 2.75) is 50.9 Å². The van der Waals surface area contributed by atoms with E-state index in [1.807, 2.05) is 0 Å². The third kappa shape index (κ3) is 2.52. The zero-order chi connectivity index (χ0) is 13.8. The molecule has 0 saturated heterocycles. The summed E-state index contributed by atoms with van der Waals surface area (Å²) < 4.78 is 0. The van der Waals surface area contributed by atoms with Gasteiger partial charge in [-0.3, -0.25) is 0 Å². The van der Waals surface area contributed by atoms with Crippen LogP contribution in [-0.4, -0.2) is 0 Å². The fraction of sp³-hybridized carbons (Fsp3) is 0.400. The molecule has 0 amide bonds. The molecule has 0 aromatic heterocycles. The van der Waals surface area contributed by atoms with E-state index in [-0.39, 0.29) is 0 Å². The maximum absolute atomic E-state index is 3.15. The minimum Gasteiger partial charge on any atom is -0.0651 e. The first-order chi connectivity index (χ1) is 9.84. The van der Waals surface area contributed by atoms with Crippen LogP contribution in [0.2, 0.25) is 0 Å². The van der Waals surface area contributed by atoms with Crippen molar-refractivity contribution >= 4 is 0 Å². The van der Waals surface area contributed by atoms with Gasteiger partial charge in [0.1, 0.15) is 0 Å². The van der Waals surface area contributed by atoms with Crippen molar-refractivity contribution in [2.24, 2.45) is 0 Å². The Morgan fingerprint density at radius 2 is 1.70 bits per heavy atom. The zero-order valence-electron chi connectivity index (χ0n) is 12.4. The summed E-state index contributed by atoms with van der Waals surface area (Å²) in [6, 6.07) is 20.8. The maximum Gasteiger partial charge on any atom is -0.000653 e. The van der Waals surface area contributed by atoms with Crippen LogP contribution >= 0.6 is 0 Å². The number of hydrogen-bond acceptors (Lipinski definition) is 0. The number of hydrogen-bond donors (Lipinski definition) is 0. The second kappa shape index (κ2) is 5.83. The van der Waals surface area contributed by atoms with Crippen LogP contribution < -0.4 is 0 Å². The van der Waals surface area contributed by atoms with Crippen molar-refractivity contribution in [1.29, 1.82) is 0 Å². The Morgan fingerprint density at radius 1 is 1.00 bits per heavy atom. The predicted octanol–water partition coefficient (Wildman–Crippen LogP) is 5.10. The largest absolute Gasteiger partial charge is 0.0651 e. The molecule has 20 heavy (non-hydrogen) atoms. The predicted molar refractivity (Wildman–Crippen MR) is 84.9 cm³/mol. The van der Waals surface area contributed by atoms with Gasteiger partial charge >= 0.3 is 0 Å². The van der Waals surface area contributed by atoms with Gasteiger partial charge < -0.3 is 0 Å². The van der Waals surface area contributed by atoms with Crippen LogP contribution in [-0.2, 0) is 18.3 Å². The molecule has 103 valence electrons. The third-order valence-electron chi connectivity index (χ3n) is 4.81. The van der Waals surface area contributed by atoms with E-state index in [1.54, 1.807) is 11.1 Å². The van der Waals surface area contributed by atoms with E-state index in [2.05, 4.69) is 61.5 Å². The monoisotopic (exact) mass is 263 g/mol. The van der Waals surface area contributed by atoms with Crippen LogP contribution in [0.3, 0.4) is 0 Å². The average Bonchev–Trinajstić information content (AvgIpc) is 2.46. The number of benzene rings is 2. The molecule has 0 bridgehead atoms. The highest BCUT2D eigenvalue weighted by atomic mass is 14.4. The van der Waals surface area contributed by atoms with Gasteiger partial charge in [-0.1, -0.05) is 68.3 Å². The molecular formula is C20H23. The van der Waals surface area contributed by atoms with Crippen molar-refractivity contribution in [3.63, 3.8) is 0 Å². The van der Waals surface area contributed by atoms with E-state index in [0.717, 1.165) is 0 Å². The number of aryl methyl sites for hydroxylation is 1. The molecule has 1 aliphatic rings. The van der Waals surface area contributed by atoms with Crippen LogP contribution in [0.5, 0.6) is 0 Å². The van der Waals surface area contributed by atoms with Crippen molar-refractivity contribution in [2.75, 3.05) is 0 Å². The first kappa shape index (κ1) is 13.4. The number of rotatable bonds is 5. The fourth-order valence-corrected chi connectivity index (χ4v) is 3.52. The summed E-state index contributed by atoms with van der Waals surface area (Å²) in [7, 11) is 0. The second-order valence-corrected chi connectivity index (χ2v) is 6.12. The van der Waals surface area contributed by atoms with Gasteiger partial charge in [0.2, 0.25) is 0 Å². The summed E-state index contributed by atoms with van der Waals surface area (Å²) in [5, 5.41) is 0. The van der Waals surface area contributed by atoms with E-state index < -0.39 is 0 Å². The van der Waals surface area contributed by atoms with Gasteiger partial charge in [0.05, 0.1) is 0 Å². The van der Waals surface area contributed by atoms with E-state index in [1.165, 1.54) is 44.1 Å². The summed E-state index contributed by atoms with van der Waals surface area (Å²) in [6.07, 6.45) is 7.66. The molecule has 3 rings (SSSR count). The third-order valence-corrected chi connectivity index (χ3v) is 4.81. The molecule has 1 aliphatic carbocycles. The molecule has 0 aliphatic heterocycles. The van der Waals surface area contributed by atoms with Gasteiger partial charge in [0.25, 0.3) is 0 Å². The lowest BCUT2D eigenvalue weighted by Gasteiger charge is -2.43. The van der Waals surface area contributed by atoms with Gasteiger partial charge in [-0.25, -0.2) is 0 Å². The Kier molecular flexibility index (Phi) is 3.91. The molecule has 1 saturated carbocycles. The molecule has 0 N–H and O–H groups in total. The molecule has 2 aromatic carbocycles. The van der Waals surface area contributed by atoms with Crippen molar-refractivity contribution in [1.82, 2.24) is 0 Å². The van der Waals surface area contributed by atoms with E-state index >= 15 is 0 Å². The molecular weight excluding hydrogens is 240 g/mol. The highest BCUT2D eigenvalue weighted by molar-refractivity contribution is 5.35. The smallest absolute Gasteiger partial charge is 0.000653 e. The Balaban J connectivity index is 1.89. The normalized spacial score (nSPS) is 16.6. The zero-order valence-corrected chi connectivity index (χ0v) is 12.4. The lowest BCUT2D eigenvalue weighted by atomic mass is 9.61. The Morgan fingerprint density at radius 3 is 2.30 bits per heavy atom. The van der Waals surface area contributed by atoms with E-state index in [9.17, 15) is 0 Å². The van der Waals surface area contributed by atoms with Gasteiger partial charge in [-0.15, -0.1) is 0 Å². The molecule has 0 unspecified atom stereocenters. The lowest BCUT2D eigenvalue weighted by molar-refractivity contribution is 0.241. The first-order valence-electron chi connectivity index (χ1n) is 7.87. The van der Waals surface area contributed by atoms with Crippen LogP contribution in [0.25, 0.3) is 0 Å². The summed E-state index contributed by atoms with van der Waals surface area (Å²) >= 11 is 0. The van der Waals surface area contributed by atoms with E-state index in [4.69, 9.17) is 0 Å². The average molecular weight is 263 g/mol. The van der Waals surface area contributed by atoms with Crippen molar-refractivity contribution in [3.8, 4) is 0 Å². The Hall–Kier alpha value is -1.56. The molecule has 1 fully saturated rings. The van der Waals surface area contributed by atoms with Crippen LogP contribution in [0.1, 0.15) is 49.3 Å². The first-order valence-corrected chi connectivity index (χ1v) is 7.87. The molecule has 0 nitrogen and oxygen atoms in total. The van der Waals surface area contributed by atoms with Crippen molar-refractivity contribution in [3.05, 3.63) is 71.3 Å². The van der Waals surface area contributed by atoms with E-state index in [0.29, 0.717) is 5.41 Å². The summed E-state index contributed by atoms with van der Waals surface area (Å²) in [6.45, 7) is 2.27. The molecule has 0 heteroatoms. The molecule has 0 heterocycles. The SMILES string of the molecule is CCCc1ccccc1CC1(c2cc[c]cc2)CCC1. The fourth-order valence-electron chi connectivity index (χ4n) is 3.52. The van der Waals surface area contributed by atoms with Crippen molar-refractivity contribution < 1.29 is 0 Å². The molecule has 0 atom stereocenters. The van der Waals surface area contributed by atoms with Gasteiger partial charge in [0.15, 0.2) is 0 Å². The van der Waals surface area contributed by atoms with Crippen LogP contribution in [0, 0.1) is 6.07 Å².